The summed E-state index contributed by atoms with van der Waals surface area (Å²) in [5.74, 6) is 1.64. The summed E-state index contributed by atoms with van der Waals surface area (Å²) in [7, 11) is 0. The molecule has 0 aliphatic heterocycles. The number of hydrogen-bond acceptors (Lipinski definition) is 4. The zero-order chi connectivity index (χ0) is 18.2. The molecule has 1 atom stereocenters. The fourth-order valence-electron chi connectivity index (χ4n) is 2.62. The molecule has 0 amide bonds. The molecule has 2 aromatic carbocycles. The lowest BCUT2D eigenvalue weighted by Gasteiger charge is -2.14. The molecule has 1 heterocycles. The van der Waals surface area contributed by atoms with Gasteiger partial charge in [0.2, 0.25) is 0 Å². The molecule has 3 rings (SSSR count). The number of rotatable bonds is 9. The standard InChI is InChI=1S/C21H24N2O3/c1-17-5-2-3-7-21(17)26-15-19(24)6-4-14-25-20-10-8-18(9-11-20)23-13-12-22-16-23/h2-3,5,7-13,16,19,24H,4,6,14-15H2,1H3. The Kier molecular flexibility index (Phi) is 6.28. The average Bonchev–Trinajstić information content (AvgIpc) is 3.20. The Bertz CT molecular complexity index is 785. The fraction of sp³-hybridized carbons (Fsp3) is 0.286. The minimum Gasteiger partial charge on any atom is -0.494 e. The summed E-state index contributed by atoms with van der Waals surface area (Å²) in [6.07, 6.45) is 6.31. The van der Waals surface area contributed by atoms with Crippen molar-refractivity contribution in [1.29, 1.82) is 0 Å². The SMILES string of the molecule is Cc1ccccc1OCC(O)CCCOc1ccc(-n2ccnc2)cc1. The summed E-state index contributed by atoms with van der Waals surface area (Å²) in [4.78, 5) is 4.04. The number of aliphatic hydroxyl groups is 1. The van der Waals surface area contributed by atoms with Crippen molar-refractivity contribution in [2.75, 3.05) is 13.2 Å². The second-order valence-electron chi connectivity index (χ2n) is 6.18. The lowest BCUT2D eigenvalue weighted by Crippen LogP contribution is -2.18. The molecule has 5 nitrogen and oxygen atoms in total. The molecule has 0 saturated carbocycles. The van der Waals surface area contributed by atoms with Gasteiger partial charge in [0.05, 0.1) is 19.0 Å². The smallest absolute Gasteiger partial charge is 0.122 e. The quantitative estimate of drug-likeness (QED) is 0.596. The number of hydrogen-bond donors (Lipinski definition) is 1. The molecular weight excluding hydrogens is 328 g/mol. The van der Waals surface area contributed by atoms with Gasteiger partial charge in [-0.25, -0.2) is 4.98 Å². The van der Waals surface area contributed by atoms with Gasteiger partial charge in [0, 0.05) is 18.1 Å². The van der Waals surface area contributed by atoms with Crippen LogP contribution < -0.4 is 9.47 Å². The lowest BCUT2D eigenvalue weighted by molar-refractivity contribution is 0.0935. The Morgan fingerprint density at radius 3 is 2.62 bits per heavy atom. The first-order valence-corrected chi connectivity index (χ1v) is 8.80. The van der Waals surface area contributed by atoms with Crippen LogP contribution in [0.2, 0.25) is 0 Å². The van der Waals surface area contributed by atoms with Gasteiger partial charge in [-0.15, -0.1) is 0 Å². The monoisotopic (exact) mass is 352 g/mol. The summed E-state index contributed by atoms with van der Waals surface area (Å²) in [6.45, 7) is 2.85. The zero-order valence-electron chi connectivity index (χ0n) is 14.9. The van der Waals surface area contributed by atoms with Crippen LogP contribution in [0.3, 0.4) is 0 Å². The van der Waals surface area contributed by atoms with Crippen LogP contribution in [0.25, 0.3) is 5.69 Å². The Labute approximate surface area is 153 Å². The first kappa shape index (κ1) is 18.0. The summed E-state index contributed by atoms with van der Waals surface area (Å²) in [5, 5.41) is 10.1. The van der Waals surface area contributed by atoms with Crippen LogP contribution in [0, 0.1) is 6.92 Å². The van der Waals surface area contributed by atoms with Crippen LogP contribution in [-0.2, 0) is 0 Å². The van der Waals surface area contributed by atoms with Crippen molar-refractivity contribution in [3.63, 3.8) is 0 Å². The van der Waals surface area contributed by atoms with Crippen molar-refractivity contribution in [2.24, 2.45) is 0 Å². The number of imidazole rings is 1. The summed E-state index contributed by atoms with van der Waals surface area (Å²) in [6, 6.07) is 15.7. The maximum Gasteiger partial charge on any atom is 0.122 e. The van der Waals surface area contributed by atoms with E-state index in [1.54, 1.807) is 12.5 Å². The molecular formula is C21H24N2O3. The van der Waals surface area contributed by atoms with E-state index in [4.69, 9.17) is 9.47 Å². The van der Waals surface area contributed by atoms with Gasteiger partial charge in [-0.2, -0.15) is 0 Å². The van der Waals surface area contributed by atoms with Crippen LogP contribution in [0.1, 0.15) is 18.4 Å². The van der Waals surface area contributed by atoms with Crippen molar-refractivity contribution < 1.29 is 14.6 Å². The lowest BCUT2D eigenvalue weighted by atomic mass is 10.2. The molecule has 5 heteroatoms. The van der Waals surface area contributed by atoms with Crippen LogP contribution in [0.4, 0.5) is 0 Å². The molecule has 0 bridgehead atoms. The first-order valence-electron chi connectivity index (χ1n) is 8.80. The third-order valence-electron chi connectivity index (χ3n) is 4.11. The molecule has 1 aromatic heterocycles. The summed E-state index contributed by atoms with van der Waals surface area (Å²) < 4.78 is 13.3. The molecule has 0 aliphatic carbocycles. The van der Waals surface area contributed by atoms with Gasteiger partial charge in [-0.05, 0) is 55.7 Å². The van der Waals surface area contributed by atoms with E-state index in [2.05, 4.69) is 4.98 Å². The molecule has 0 radical (unpaired) electrons. The summed E-state index contributed by atoms with van der Waals surface area (Å²) in [5.41, 5.74) is 2.11. The highest BCUT2D eigenvalue weighted by Crippen LogP contribution is 2.17. The molecule has 0 aliphatic rings. The van der Waals surface area contributed by atoms with Crippen molar-refractivity contribution in [3.05, 3.63) is 72.8 Å². The van der Waals surface area contributed by atoms with Gasteiger partial charge in [0.15, 0.2) is 0 Å². The molecule has 1 N–H and O–H groups in total. The van der Waals surface area contributed by atoms with Crippen LogP contribution in [-0.4, -0.2) is 34.0 Å². The van der Waals surface area contributed by atoms with Crippen LogP contribution in [0.15, 0.2) is 67.3 Å². The third-order valence-corrected chi connectivity index (χ3v) is 4.11. The van der Waals surface area contributed by atoms with E-state index in [9.17, 15) is 5.11 Å². The number of aryl methyl sites for hydroxylation is 1. The van der Waals surface area contributed by atoms with E-state index < -0.39 is 6.10 Å². The molecule has 3 aromatic rings. The van der Waals surface area contributed by atoms with Crippen molar-refractivity contribution in [1.82, 2.24) is 9.55 Å². The second-order valence-corrected chi connectivity index (χ2v) is 6.18. The molecule has 0 fully saturated rings. The Morgan fingerprint density at radius 2 is 1.88 bits per heavy atom. The van der Waals surface area contributed by atoms with E-state index in [0.717, 1.165) is 29.2 Å². The molecule has 0 spiro atoms. The first-order chi connectivity index (χ1) is 12.7. The topological polar surface area (TPSA) is 56.5 Å². The van der Waals surface area contributed by atoms with E-state index in [1.807, 2.05) is 66.2 Å². The van der Waals surface area contributed by atoms with Crippen molar-refractivity contribution >= 4 is 0 Å². The molecule has 1 unspecified atom stereocenters. The maximum absolute atomic E-state index is 10.1. The predicted octanol–water partition coefficient (Wildman–Crippen LogP) is 3.78. The Hall–Kier alpha value is -2.79. The van der Waals surface area contributed by atoms with Gasteiger partial charge < -0.3 is 19.1 Å². The largest absolute Gasteiger partial charge is 0.494 e. The fourth-order valence-corrected chi connectivity index (χ4v) is 2.62. The van der Waals surface area contributed by atoms with E-state index in [0.29, 0.717) is 19.6 Å². The normalized spacial score (nSPS) is 11.9. The highest BCUT2D eigenvalue weighted by molar-refractivity contribution is 5.37. The van der Waals surface area contributed by atoms with E-state index in [-0.39, 0.29) is 0 Å². The predicted molar refractivity (Wildman–Crippen MR) is 101 cm³/mol. The highest BCUT2D eigenvalue weighted by Gasteiger charge is 2.07. The van der Waals surface area contributed by atoms with Crippen LogP contribution >= 0.6 is 0 Å². The number of para-hydroxylation sites is 1. The third kappa shape index (κ3) is 5.10. The molecule has 26 heavy (non-hydrogen) atoms. The average molecular weight is 352 g/mol. The van der Waals surface area contributed by atoms with Gasteiger partial charge in [-0.3, -0.25) is 0 Å². The van der Waals surface area contributed by atoms with Gasteiger partial charge in [0.25, 0.3) is 0 Å². The number of nitrogens with zero attached hydrogens (tertiary/aromatic N) is 2. The number of ether oxygens (including phenoxy) is 2. The number of aliphatic hydroxyl groups excluding tert-OH is 1. The van der Waals surface area contributed by atoms with Crippen molar-refractivity contribution in [3.8, 4) is 17.2 Å². The molecule has 0 saturated heterocycles. The summed E-state index contributed by atoms with van der Waals surface area (Å²) >= 11 is 0. The van der Waals surface area contributed by atoms with Gasteiger partial charge >= 0.3 is 0 Å². The van der Waals surface area contributed by atoms with Crippen molar-refractivity contribution in [2.45, 2.75) is 25.9 Å². The van der Waals surface area contributed by atoms with E-state index in [1.165, 1.54) is 0 Å². The minimum atomic E-state index is -0.498. The second kappa shape index (κ2) is 9.06. The Balaban J connectivity index is 1.35. The molecule has 136 valence electrons. The van der Waals surface area contributed by atoms with E-state index >= 15 is 0 Å². The minimum absolute atomic E-state index is 0.296. The van der Waals surface area contributed by atoms with Gasteiger partial charge in [-0.1, -0.05) is 18.2 Å². The van der Waals surface area contributed by atoms with Crippen LogP contribution in [0.5, 0.6) is 11.5 Å². The Morgan fingerprint density at radius 1 is 1.08 bits per heavy atom. The van der Waals surface area contributed by atoms with Gasteiger partial charge in [0.1, 0.15) is 18.1 Å². The number of benzene rings is 2. The zero-order valence-corrected chi connectivity index (χ0v) is 14.9. The highest BCUT2D eigenvalue weighted by atomic mass is 16.5. The number of aromatic nitrogens is 2. The maximum atomic E-state index is 10.1.